The number of nitrogens with zero attached hydrogens (tertiary/aromatic N) is 2. The molecule has 1 amide bonds. The molecule has 1 aromatic heterocycles. The first-order valence-electron chi connectivity index (χ1n) is 5.06. The average molecular weight is 314 g/mol. The molecular weight excluding hydrogens is 302 g/mol. The molecule has 0 aliphatic heterocycles. The van der Waals surface area contributed by atoms with Crippen LogP contribution in [0.1, 0.15) is 0 Å². The number of hydrogen-bond donors (Lipinski definition) is 1. The van der Waals surface area contributed by atoms with Gasteiger partial charge in [0.2, 0.25) is 5.91 Å². The molecule has 0 unspecified atom stereocenters. The summed E-state index contributed by atoms with van der Waals surface area (Å²) in [6.07, 6.45) is 0. The lowest BCUT2D eigenvalue weighted by atomic mass is 10.3. The number of rotatable bonds is 3. The molecule has 0 spiro atoms. The van der Waals surface area contributed by atoms with E-state index in [0.29, 0.717) is 0 Å². The Morgan fingerprint density at radius 2 is 2.29 bits per heavy atom. The van der Waals surface area contributed by atoms with Gasteiger partial charge in [-0.1, -0.05) is 27.3 Å². The van der Waals surface area contributed by atoms with Gasteiger partial charge in [0, 0.05) is 18.6 Å². The maximum Gasteiger partial charge on any atom is 0.241 e. The van der Waals surface area contributed by atoms with Crippen LogP contribution in [0.15, 0.2) is 22.7 Å². The van der Waals surface area contributed by atoms with Crippen molar-refractivity contribution >= 4 is 48.5 Å². The summed E-state index contributed by atoms with van der Waals surface area (Å²) in [5.41, 5.74) is 0.934. The summed E-state index contributed by atoms with van der Waals surface area (Å²) in [5.74, 6) is 0.0328. The largest absolute Gasteiger partial charge is 0.352 e. The minimum atomic E-state index is 0.0328. The smallest absolute Gasteiger partial charge is 0.241 e. The number of benzene rings is 1. The fraction of sp³-hybridized carbons (Fsp3) is 0.273. The molecule has 90 valence electrons. The highest BCUT2D eigenvalue weighted by Gasteiger charge is 2.07. The maximum absolute atomic E-state index is 11.4. The van der Waals surface area contributed by atoms with Crippen LogP contribution in [-0.2, 0) is 4.79 Å². The lowest BCUT2D eigenvalue weighted by molar-refractivity contribution is -0.126. The molecule has 0 bridgehead atoms. The Labute approximate surface area is 112 Å². The number of anilines is 1. The van der Waals surface area contributed by atoms with Gasteiger partial charge in [0.1, 0.15) is 0 Å². The number of amides is 1. The summed E-state index contributed by atoms with van der Waals surface area (Å²) >= 11 is 4.95. The van der Waals surface area contributed by atoms with Crippen molar-refractivity contribution in [2.24, 2.45) is 0 Å². The standard InChI is InChI=1S/C11H12BrN3OS/c1-15(2)10(16)6-13-11-14-8-5-7(12)3-4-9(8)17-11/h3-5H,6H2,1-2H3,(H,13,14). The number of thiazole rings is 1. The Balaban J connectivity index is 2.12. The molecule has 2 rings (SSSR count). The summed E-state index contributed by atoms with van der Waals surface area (Å²) in [5, 5.41) is 3.81. The highest BCUT2D eigenvalue weighted by molar-refractivity contribution is 9.10. The van der Waals surface area contributed by atoms with Gasteiger partial charge < -0.3 is 10.2 Å². The van der Waals surface area contributed by atoms with Crippen LogP contribution in [-0.4, -0.2) is 36.4 Å². The zero-order chi connectivity index (χ0) is 12.4. The van der Waals surface area contributed by atoms with Crippen LogP contribution < -0.4 is 5.32 Å². The molecule has 17 heavy (non-hydrogen) atoms. The van der Waals surface area contributed by atoms with E-state index in [2.05, 4.69) is 26.2 Å². The van der Waals surface area contributed by atoms with Gasteiger partial charge in [-0.25, -0.2) is 4.98 Å². The Morgan fingerprint density at radius 3 is 3.00 bits per heavy atom. The van der Waals surface area contributed by atoms with Crippen molar-refractivity contribution in [3.63, 3.8) is 0 Å². The van der Waals surface area contributed by atoms with E-state index in [1.54, 1.807) is 30.3 Å². The van der Waals surface area contributed by atoms with E-state index >= 15 is 0 Å². The van der Waals surface area contributed by atoms with E-state index < -0.39 is 0 Å². The number of halogens is 1. The third-order valence-corrected chi connectivity index (χ3v) is 3.73. The first kappa shape index (κ1) is 12.3. The zero-order valence-electron chi connectivity index (χ0n) is 9.53. The van der Waals surface area contributed by atoms with Gasteiger partial charge in [-0.05, 0) is 18.2 Å². The van der Waals surface area contributed by atoms with Gasteiger partial charge in [-0.15, -0.1) is 0 Å². The Bertz CT molecular complexity index is 553. The number of hydrogen-bond acceptors (Lipinski definition) is 4. The Hall–Kier alpha value is -1.14. The Morgan fingerprint density at radius 1 is 1.53 bits per heavy atom. The van der Waals surface area contributed by atoms with Crippen LogP contribution >= 0.6 is 27.3 Å². The molecule has 0 saturated heterocycles. The van der Waals surface area contributed by atoms with Crippen molar-refractivity contribution in [2.75, 3.05) is 26.0 Å². The lowest BCUT2D eigenvalue weighted by Gasteiger charge is -2.09. The predicted octanol–water partition coefficient (Wildman–Crippen LogP) is 2.56. The van der Waals surface area contributed by atoms with Gasteiger partial charge in [-0.2, -0.15) is 0 Å². The topological polar surface area (TPSA) is 45.2 Å². The van der Waals surface area contributed by atoms with E-state index in [9.17, 15) is 4.79 Å². The monoisotopic (exact) mass is 313 g/mol. The summed E-state index contributed by atoms with van der Waals surface area (Å²) in [6, 6.07) is 5.95. The molecule has 4 nitrogen and oxygen atoms in total. The molecule has 1 aromatic carbocycles. The van der Waals surface area contributed by atoms with E-state index in [4.69, 9.17) is 0 Å². The van der Waals surface area contributed by atoms with E-state index in [0.717, 1.165) is 19.8 Å². The number of fused-ring (bicyclic) bond motifs is 1. The van der Waals surface area contributed by atoms with E-state index in [1.165, 1.54) is 0 Å². The fourth-order valence-corrected chi connectivity index (χ4v) is 2.48. The van der Waals surface area contributed by atoms with Crippen molar-refractivity contribution in [2.45, 2.75) is 0 Å². The van der Waals surface area contributed by atoms with Crippen molar-refractivity contribution in [3.05, 3.63) is 22.7 Å². The third kappa shape index (κ3) is 2.95. The van der Waals surface area contributed by atoms with Gasteiger partial charge in [0.05, 0.1) is 16.8 Å². The average Bonchev–Trinajstić information content (AvgIpc) is 2.67. The van der Waals surface area contributed by atoms with Crippen LogP contribution in [0.2, 0.25) is 0 Å². The van der Waals surface area contributed by atoms with Crippen LogP contribution in [0, 0.1) is 0 Å². The quantitative estimate of drug-likeness (QED) is 0.947. The number of aromatic nitrogens is 1. The van der Waals surface area contributed by atoms with Gasteiger partial charge in [0.25, 0.3) is 0 Å². The third-order valence-electron chi connectivity index (χ3n) is 2.24. The van der Waals surface area contributed by atoms with E-state index in [-0.39, 0.29) is 12.5 Å². The second kappa shape index (κ2) is 5.01. The first-order valence-corrected chi connectivity index (χ1v) is 6.67. The number of carbonyl (C=O) groups excluding carboxylic acids is 1. The van der Waals surface area contributed by atoms with Crippen LogP contribution in [0.5, 0.6) is 0 Å². The van der Waals surface area contributed by atoms with Crippen molar-refractivity contribution in [1.29, 1.82) is 0 Å². The lowest BCUT2D eigenvalue weighted by Crippen LogP contribution is -2.28. The molecule has 2 aromatic rings. The zero-order valence-corrected chi connectivity index (χ0v) is 11.9. The predicted molar refractivity (Wildman–Crippen MR) is 74.5 cm³/mol. The summed E-state index contributed by atoms with van der Waals surface area (Å²) in [7, 11) is 3.47. The van der Waals surface area contributed by atoms with Crippen LogP contribution in [0.4, 0.5) is 5.13 Å². The highest BCUT2D eigenvalue weighted by atomic mass is 79.9. The number of likely N-dealkylation sites (N-methyl/N-ethyl adjacent to an activating group) is 1. The van der Waals surface area contributed by atoms with Crippen molar-refractivity contribution in [1.82, 2.24) is 9.88 Å². The molecule has 0 aliphatic rings. The SMILES string of the molecule is CN(C)C(=O)CNc1nc2cc(Br)ccc2s1. The summed E-state index contributed by atoms with van der Waals surface area (Å²) in [4.78, 5) is 17.4. The van der Waals surface area contributed by atoms with Gasteiger partial charge >= 0.3 is 0 Å². The molecule has 6 heteroatoms. The van der Waals surface area contributed by atoms with Crippen molar-refractivity contribution in [3.8, 4) is 0 Å². The molecule has 0 saturated carbocycles. The fourth-order valence-electron chi connectivity index (χ4n) is 1.29. The second-order valence-electron chi connectivity index (χ2n) is 3.77. The van der Waals surface area contributed by atoms with Gasteiger partial charge in [0.15, 0.2) is 5.13 Å². The molecule has 1 heterocycles. The Kier molecular flexibility index (Phi) is 3.63. The van der Waals surface area contributed by atoms with Crippen LogP contribution in [0.25, 0.3) is 10.2 Å². The molecule has 1 N–H and O–H groups in total. The highest BCUT2D eigenvalue weighted by Crippen LogP contribution is 2.27. The molecule has 0 fully saturated rings. The van der Waals surface area contributed by atoms with Gasteiger partial charge in [-0.3, -0.25) is 4.79 Å². The second-order valence-corrected chi connectivity index (χ2v) is 5.72. The molecule has 0 aliphatic carbocycles. The van der Waals surface area contributed by atoms with Crippen molar-refractivity contribution < 1.29 is 4.79 Å². The summed E-state index contributed by atoms with van der Waals surface area (Å²) in [6.45, 7) is 0.272. The molecule has 0 radical (unpaired) electrons. The molecular formula is C11H12BrN3OS. The molecule has 0 atom stereocenters. The number of nitrogens with one attached hydrogen (secondary N) is 1. The normalized spacial score (nSPS) is 10.5. The summed E-state index contributed by atoms with van der Waals surface area (Å²) < 4.78 is 2.11. The van der Waals surface area contributed by atoms with Crippen LogP contribution in [0.3, 0.4) is 0 Å². The number of carbonyl (C=O) groups is 1. The minimum absolute atomic E-state index is 0.0328. The minimum Gasteiger partial charge on any atom is -0.352 e. The maximum atomic E-state index is 11.4. The first-order chi connectivity index (χ1) is 8.06. The van der Waals surface area contributed by atoms with E-state index in [1.807, 2.05) is 18.2 Å².